The van der Waals surface area contributed by atoms with Gasteiger partial charge in [0.1, 0.15) is 0 Å². The Balaban J connectivity index is 2.50. The van der Waals surface area contributed by atoms with E-state index >= 15 is 0 Å². The van der Waals surface area contributed by atoms with E-state index in [9.17, 15) is 4.79 Å². The smallest absolute Gasteiger partial charge is 0.235 e. The SMILES string of the molecule is CN(CCC#N)C(=O)C(S)Cc1ccccc1. The van der Waals surface area contributed by atoms with Crippen LogP contribution in [0.25, 0.3) is 0 Å². The number of thiol groups is 1. The van der Waals surface area contributed by atoms with Crippen molar-refractivity contribution in [3.05, 3.63) is 35.9 Å². The van der Waals surface area contributed by atoms with Gasteiger partial charge >= 0.3 is 0 Å². The van der Waals surface area contributed by atoms with Crippen LogP contribution < -0.4 is 0 Å². The Morgan fingerprint density at radius 3 is 2.71 bits per heavy atom. The molecule has 90 valence electrons. The van der Waals surface area contributed by atoms with Crippen molar-refractivity contribution < 1.29 is 4.79 Å². The zero-order valence-electron chi connectivity index (χ0n) is 9.84. The van der Waals surface area contributed by atoms with Crippen LogP contribution in [0, 0.1) is 11.3 Å². The van der Waals surface area contributed by atoms with Gasteiger partial charge < -0.3 is 4.90 Å². The molecule has 0 heterocycles. The van der Waals surface area contributed by atoms with Gasteiger partial charge in [-0.2, -0.15) is 17.9 Å². The van der Waals surface area contributed by atoms with Crippen LogP contribution in [-0.4, -0.2) is 29.6 Å². The highest BCUT2D eigenvalue weighted by Crippen LogP contribution is 2.10. The molecule has 0 fully saturated rings. The number of carbonyl (C=O) groups is 1. The van der Waals surface area contributed by atoms with Gasteiger partial charge in [0.25, 0.3) is 0 Å². The van der Waals surface area contributed by atoms with Crippen LogP contribution in [0.1, 0.15) is 12.0 Å². The van der Waals surface area contributed by atoms with E-state index < -0.39 is 0 Å². The molecular weight excluding hydrogens is 232 g/mol. The second-order valence-corrected chi connectivity index (χ2v) is 4.50. The Morgan fingerprint density at radius 2 is 2.12 bits per heavy atom. The number of nitrogens with zero attached hydrogens (tertiary/aromatic N) is 2. The van der Waals surface area contributed by atoms with Gasteiger partial charge in [-0.15, -0.1) is 0 Å². The number of hydrogen-bond acceptors (Lipinski definition) is 3. The largest absolute Gasteiger partial charge is 0.344 e. The molecule has 0 aliphatic rings. The number of amides is 1. The second kappa shape index (κ2) is 6.97. The van der Waals surface area contributed by atoms with Crippen LogP contribution in [0.3, 0.4) is 0 Å². The highest BCUT2D eigenvalue weighted by molar-refractivity contribution is 7.81. The Morgan fingerprint density at radius 1 is 1.47 bits per heavy atom. The normalized spacial score (nSPS) is 11.6. The van der Waals surface area contributed by atoms with Crippen LogP contribution in [0.4, 0.5) is 0 Å². The number of nitriles is 1. The van der Waals surface area contributed by atoms with Crippen molar-refractivity contribution in [3.8, 4) is 6.07 Å². The van der Waals surface area contributed by atoms with E-state index in [1.807, 2.05) is 36.4 Å². The number of hydrogen-bond donors (Lipinski definition) is 1. The summed E-state index contributed by atoms with van der Waals surface area (Å²) in [5, 5.41) is 8.12. The van der Waals surface area contributed by atoms with Crippen molar-refractivity contribution in [1.82, 2.24) is 4.90 Å². The van der Waals surface area contributed by atoms with E-state index in [0.29, 0.717) is 19.4 Å². The van der Waals surface area contributed by atoms with Crippen LogP contribution >= 0.6 is 12.6 Å². The van der Waals surface area contributed by atoms with E-state index in [4.69, 9.17) is 5.26 Å². The van der Waals surface area contributed by atoms with Gasteiger partial charge in [0, 0.05) is 13.6 Å². The molecule has 1 amide bonds. The lowest BCUT2D eigenvalue weighted by molar-refractivity contribution is -0.129. The molecule has 4 heteroatoms. The van der Waals surface area contributed by atoms with Gasteiger partial charge in [-0.3, -0.25) is 4.79 Å². The number of rotatable bonds is 5. The average molecular weight is 248 g/mol. The summed E-state index contributed by atoms with van der Waals surface area (Å²) < 4.78 is 0. The van der Waals surface area contributed by atoms with Crippen LogP contribution in [0.15, 0.2) is 30.3 Å². The van der Waals surface area contributed by atoms with Gasteiger partial charge in [-0.1, -0.05) is 30.3 Å². The van der Waals surface area contributed by atoms with Crippen molar-refractivity contribution in [3.63, 3.8) is 0 Å². The minimum atomic E-state index is -0.346. The molecule has 3 nitrogen and oxygen atoms in total. The highest BCUT2D eigenvalue weighted by atomic mass is 32.1. The van der Waals surface area contributed by atoms with E-state index in [0.717, 1.165) is 5.56 Å². The lowest BCUT2D eigenvalue weighted by Crippen LogP contribution is -2.35. The summed E-state index contributed by atoms with van der Waals surface area (Å²) in [5.74, 6) is -0.0348. The Kier molecular flexibility index (Phi) is 5.58. The van der Waals surface area contributed by atoms with E-state index in [1.54, 1.807) is 11.9 Å². The molecule has 0 aliphatic heterocycles. The summed E-state index contributed by atoms with van der Waals surface area (Å²) in [6, 6.07) is 11.8. The molecule has 0 saturated carbocycles. The maximum absolute atomic E-state index is 11.9. The first-order valence-electron chi connectivity index (χ1n) is 5.49. The van der Waals surface area contributed by atoms with Crippen molar-refractivity contribution >= 4 is 18.5 Å². The molecule has 1 aromatic carbocycles. The van der Waals surface area contributed by atoms with Crippen LogP contribution in [0.2, 0.25) is 0 Å². The molecule has 17 heavy (non-hydrogen) atoms. The third-order valence-electron chi connectivity index (χ3n) is 2.49. The highest BCUT2D eigenvalue weighted by Gasteiger charge is 2.18. The third-order valence-corrected chi connectivity index (χ3v) is 2.90. The summed E-state index contributed by atoms with van der Waals surface area (Å²) >= 11 is 4.32. The van der Waals surface area contributed by atoms with Crippen LogP contribution in [-0.2, 0) is 11.2 Å². The van der Waals surface area contributed by atoms with Gasteiger partial charge in [-0.05, 0) is 12.0 Å². The molecule has 1 atom stereocenters. The fraction of sp³-hybridized carbons (Fsp3) is 0.385. The van der Waals surface area contributed by atoms with Crippen molar-refractivity contribution in [2.75, 3.05) is 13.6 Å². The Hall–Kier alpha value is -1.47. The first kappa shape index (κ1) is 13.6. The topological polar surface area (TPSA) is 44.1 Å². The summed E-state index contributed by atoms with van der Waals surface area (Å²) in [6.07, 6.45) is 0.966. The molecule has 0 radical (unpaired) electrons. The van der Waals surface area contributed by atoms with Gasteiger partial charge in [0.2, 0.25) is 5.91 Å². The minimum Gasteiger partial charge on any atom is -0.344 e. The summed E-state index contributed by atoms with van der Waals surface area (Å²) in [4.78, 5) is 13.5. The second-order valence-electron chi connectivity index (χ2n) is 3.87. The summed E-state index contributed by atoms with van der Waals surface area (Å²) in [5.41, 5.74) is 1.09. The zero-order chi connectivity index (χ0) is 12.7. The lowest BCUT2D eigenvalue weighted by Gasteiger charge is -2.19. The molecular formula is C13H16N2OS. The molecule has 1 rings (SSSR count). The molecule has 1 unspecified atom stereocenters. The van der Waals surface area contributed by atoms with Crippen molar-refractivity contribution in [1.29, 1.82) is 5.26 Å². The monoisotopic (exact) mass is 248 g/mol. The summed E-state index contributed by atoms with van der Waals surface area (Å²) in [7, 11) is 1.70. The van der Waals surface area contributed by atoms with Gasteiger partial charge in [-0.25, -0.2) is 0 Å². The quantitative estimate of drug-likeness (QED) is 0.809. The molecule has 0 aromatic heterocycles. The predicted molar refractivity (Wildman–Crippen MR) is 70.8 cm³/mol. The molecule has 0 saturated heterocycles. The minimum absolute atomic E-state index is 0.0348. The number of benzene rings is 1. The summed E-state index contributed by atoms with van der Waals surface area (Å²) in [6.45, 7) is 0.460. The molecule has 0 bridgehead atoms. The predicted octanol–water partition coefficient (Wildman–Crippen LogP) is 1.90. The number of carbonyl (C=O) groups excluding carboxylic acids is 1. The zero-order valence-corrected chi connectivity index (χ0v) is 10.7. The maximum Gasteiger partial charge on any atom is 0.235 e. The van der Waals surface area contributed by atoms with Crippen molar-refractivity contribution in [2.24, 2.45) is 0 Å². The Labute approximate surface area is 107 Å². The van der Waals surface area contributed by atoms with E-state index in [1.165, 1.54) is 0 Å². The van der Waals surface area contributed by atoms with E-state index in [-0.39, 0.29) is 11.2 Å². The standard InChI is InChI=1S/C13H16N2OS/c1-15(9-5-8-14)13(16)12(17)10-11-6-3-2-4-7-11/h2-4,6-7,12,17H,5,9-10H2,1H3. The maximum atomic E-state index is 11.9. The van der Waals surface area contributed by atoms with Crippen LogP contribution in [0.5, 0.6) is 0 Å². The Bertz CT molecular complexity index is 400. The first-order chi connectivity index (χ1) is 8.15. The molecule has 0 N–H and O–H groups in total. The average Bonchev–Trinajstić information content (AvgIpc) is 2.36. The first-order valence-corrected chi connectivity index (χ1v) is 6.00. The van der Waals surface area contributed by atoms with Gasteiger partial charge in [0.15, 0.2) is 0 Å². The molecule has 0 aliphatic carbocycles. The van der Waals surface area contributed by atoms with Crippen molar-refractivity contribution in [2.45, 2.75) is 18.1 Å². The fourth-order valence-electron chi connectivity index (χ4n) is 1.51. The fourth-order valence-corrected chi connectivity index (χ4v) is 1.91. The van der Waals surface area contributed by atoms with E-state index in [2.05, 4.69) is 12.6 Å². The lowest BCUT2D eigenvalue weighted by atomic mass is 10.1. The molecule has 0 spiro atoms. The third kappa shape index (κ3) is 4.49. The van der Waals surface area contributed by atoms with Gasteiger partial charge in [0.05, 0.1) is 17.7 Å². The molecule has 1 aromatic rings.